The molecule has 6 rings (SSSR count). The third-order valence-electron chi connectivity index (χ3n) is 8.82. The van der Waals surface area contributed by atoms with Gasteiger partial charge in [0.2, 0.25) is 0 Å². The minimum Gasteiger partial charge on any atom is -0.508 e. The van der Waals surface area contributed by atoms with Crippen molar-refractivity contribution in [1.29, 1.82) is 0 Å². The topological polar surface area (TPSA) is 194 Å². The van der Waals surface area contributed by atoms with Gasteiger partial charge in [0.25, 0.3) is 0 Å². The second kappa shape index (κ2) is 23.5. The number of nitrogens with one attached hydrogen (secondary N) is 6. The number of rotatable bonds is 8. The Morgan fingerprint density at radius 2 is 0.984 bits per heavy atom. The highest BCUT2D eigenvalue weighted by molar-refractivity contribution is 7.81. The van der Waals surface area contributed by atoms with E-state index in [2.05, 4.69) is 31.9 Å². The Morgan fingerprint density at radius 1 is 0.548 bits per heavy atom. The zero-order valence-electron chi connectivity index (χ0n) is 32.6. The summed E-state index contributed by atoms with van der Waals surface area (Å²) in [6.45, 7) is 1.10. The molecule has 12 nitrogen and oxygen atoms in total. The van der Waals surface area contributed by atoms with Gasteiger partial charge >= 0.3 is 6.18 Å². The van der Waals surface area contributed by atoms with Crippen LogP contribution in [0.15, 0.2) is 97.1 Å². The van der Waals surface area contributed by atoms with Gasteiger partial charge < -0.3 is 62.5 Å². The van der Waals surface area contributed by atoms with Crippen LogP contribution in [-0.2, 0) is 12.7 Å². The number of anilines is 4. The van der Waals surface area contributed by atoms with Crippen molar-refractivity contribution in [1.82, 2.24) is 10.6 Å². The molecule has 0 amide bonds. The molecule has 1 aliphatic rings. The van der Waals surface area contributed by atoms with E-state index in [0.29, 0.717) is 49.4 Å². The Kier molecular flexibility index (Phi) is 18.6. The van der Waals surface area contributed by atoms with Gasteiger partial charge in [-0.2, -0.15) is 13.2 Å². The molecule has 1 fully saturated rings. The predicted octanol–water partition coefficient (Wildman–Crippen LogP) is 10.8. The minimum absolute atomic E-state index is 0.0122. The summed E-state index contributed by atoms with van der Waals surface area (Å²) < 4.78 is 37.4. The van der Waals surface area contributed by atoms with Crippen LogP contribution in [0.25, 0.3) is 0 Å². The number of hydrogen-bond donors (Lipinski definition) is 12. The quantitative estimate of drug-likeness (QED) is 0.0399. The fourth-order valence-electron chi connectivity index (χ4n) is 5.74. The lowest BCUT2D eigenvalue weighted by atomic mass is 9.89. The van der Waals surface area contributed by atoms with E-state index in [9.17, 15) is 43.8 Å². The van der Waals surface area contributed by atoms with Crippen molar-refractivity contribution in [2.45, 2.75) is 44.8 Å². The molecule has 1 saturated carbocycles. The van der Waals surface area contributed by atoms with E-state index < -0.39 is 11.7 Å². The Balaban J connectivity index is 0.000000205. The van der Waals surface area contributed by atoms with Gasteiger partial charge in [-0.05, 0) is 128 Å². The monoisotopic (exact) mass is 950 g/mol. The molecule has 0 bridgehead atoms. The second-order valence-corrected chi connectivity index (χ2v) is 15.8. The highest BCUT2D eigenvalue weighted by Crippen LogP contribution is 2.31. The predicted molar refractivity (Wildman–Crippen MR) is 251 cm³/mol. The second-order valence-electron chi connectivity index (χ2n) is 13.7. The first kappa shape index (κ1) is 49.0. The number of thiocarbonyl (C=S) groups is 3. The highest BCUT2D eigenvalue weighted by atomic mass is 35.5. The molecule has 0 spiro atoms. The summed E-state index contributed by atoms with van der Waals surface area (Å²) in [5.74, 6) is 0.306. The molecule has 0 unspecified atom stereocenters. The first-order chi connectivity index (χ1) is 29.3. The van der Waals surface area contributed by atoms with E-state index in [1.807, 2.05) is 0 Å². The molecular weight excluding hydrogens is 909 g/mol. The third kappa shape index (κ3) is 17.0. The number of halogens is 5. The highest BCUT2D eigenvalue weighted by Gasteiger charge is 2.30. The number of hydrogen-bond acceptors (Lipinski definition) is 9. The molecule has 0 atom stereocenters. The fourth-order valence-corrected chi connectivity index (χ4v) is 6.87. The fraction of sp³-hybridized carbons (Fsp3) is 0.214. The Bertz CT molecular complexity index is 2300. The van der Waals surface area contributed by atoms with E-state index in [1.54, 1.807) is 24.3 Å². The minimum atomic E-state index is -4.36. The van der Waals surface area contributed by atoms with Crippen LogP contribution >= 0.6 is 59.9 Å². The normalized spacial score (nSPS) is 12.3. The first-order valence-electron chi connectivity index (χ1n) is 18.7. The molecule has 0 radical (unpaired) electrons. The lowest BCUT2D eigenvalue weighted by Crippen LogP contribution is -2.33. The molecule has 12 N–H and O–H groups in total. The van der Waals surface area contributed by atoms with Crippen molar-refractivity contribution in [3.8, 4) is 34.5 Å². The number of benzene rings is 5. The lowest BCUT2D eigenvalue weighted by Gasteiger charge is -2.22. The van der Waals surface area contributed by atoms with Crippen LogP contribution in [0.2, 0.25) is 10.0 Å². The zero-order chi connectivity index (χ0) is 45.4. The van der Waals surface area contributed by atoms with Gasteiger partial charge in [-0.25, -0.2) is 0 Å². The van der Waals surface area contributed by atoms with Gasteiger partial charge in [-0.3, -0.25) is 0 Å². The van der Waals surface area contributed by atoms with E-state index >= 15 is 0 Å². The van der Waals surface area contributed by atoms with Crippen molar-refractivity contribution in [2.24, 2.45) is 5.92 Å². The van der Waals surface area contributed by atoms with E-state index in [4.69, 9.17) is 59.9 Å². The molecule has 0 aliphatic heterocycles. The SMILES string of the molecule is Oc1ccc(NC(=S)NCC2CCCCC2)c(O)c1.Oc1ccc(NC(=S)NCc2ccc(C(F)(F)F)cc2)c(O)c1.Oc1ccc(NC(=S)Nc2cc(Cl)cc(Cl)c2)c(O)c1. The molecule has 0 saturated heterocycles. The van der Waals surface area contributed by atoms with Crippen molar-refractivity contribution in [2.75, 3.05) is 27.8 Å². The van der Waals surface area contributed by atoms with Crippen LogP contribution in [0.3, 0.4) is 0 Å². The van der Waals surface area contributed by atoms with Crippen LogP contribution in [0, 0.1) is 5.92 Å². The first-order valence-corrected chi connectivity index (χ1v) is 20.7. The van der Waals surface area contributed by atoms with Gasteiger partial charge in [0.05, 0.1) is 22.6 Å². The number of aromatic hydroxyl groups is 6. The van der Waals surface area contributed by atoms with Crippen LogP contribution in [-0.4, -0.2) is 52.5 Å². The standard InChI is InChI=1S/C15H13F3N2O2S.C14H20N2O2S.C13H10Cl2N2O2S/c16-15(17,18)10-3-1-9(2-4-10)8-19-14(23)20-12-6-5-11(21)7-13(12)22;17-11-6-7-12(13(18)8-11)16-14(19)15-9-10-4-2-1-3-5-10;14-7-3-8(15)5-9(4-7)16-13(20)17-11-2-1-10(18)6-12(11)19/h1-7,21-22H,8H2,(H2,19,20,23);6-8,10,17-18H,1-5,9H2,(H2,15,16,19);1-6,18-19H,(H2,16,17,20). The van der Waals surface area contributed by atoms with Crippen molar-refractivity contribution < 1.29 is 43.8 Å². The summed E-state index contributed by atoms with van der Waals surface area (Å²) in [5.41, 5.74) is 1.70. The van der Waals surface area contributed by atoms with E-state index in [1.165, 1.54) is 86.7 Å². The van der Waals surface area contributed by atoms with Crippen molar-refractivity contribution >= 4 is 97.9 Å². The molecule has 62 heavy (non-hydrogen) atoms. The molecule has 0 heterocycles. The summed E-state index contributed by atoms with van der Waals surface area (Å²) in [6, 6.07) is 22.2. The molecule has 5 aromatic rings. The number of phenols is 6. The molecule has 0 aromatic heterocycles. The summed E-state index contributed by atoms with van der Waals surface area (Å²) in [4.78, 5) is 0. The van der Waals surface area contributed by atoms with Gasteiger partial charge in [0, 0.05) is 47.0 Å². The summed E-state index contributed by atoms with van der Waals surface area (Å²) in [5, 5.41) is 75.8. The number of phenolic OH excluding ortho intramolecular Hbond substituents is 6. The van der Waals surface area contributed by atoms with Crippen LogP contribution < -0.4 is 31.9 Å². The smallest absolute Gasteiger partial charge is 0.416 e. The molecular formula is C42H43Cl2F3N6O6S3. The maximum atomic E-state index is 12.5. The van der Waals surface area contributed by atoms with Crippen LogP contribution in [0.4, 0.5) is 35.9 Å². The Morgan fingerprint density at radius 3 is 1.42 bits per heavy atom. The summed E-state index contributed by atoms with van der Waals surface area (Å²) in [7, 11) is 0. The van der Waals surface area contributed by atoms with Crippen LogP contribution in [0.5, 0.6) is 34.5 Å². The van der Waals surface area contributed by atoms with E-state index in [0.717, 1.165) is 24.7 Å². The molecule has 20 heteroatoms. The maximum absolute atomic E-state index is 12.5. The van der Waals surface area contributed by atoms with E-state index in [-0.39, 0.29) is 51.3 Å². The number of alkyl halides is 3. The zero-order valence-corrected chi connectivity index (χ0v) is 36.5. The van der Waals surface area contributed by atoms with Gasteiger partial charge in [0.1, 0.15) is 34.5 Å². The van der Waals surface area contributed by atoms with Gasteiger partial charge in [0.15, 0.2) is 15.3 Å². The summed E-state index contributed by atoms with van der Waals surface area (Å²) in [6.07, 6.45) is 2.14. The Hall–Kier alpha value is -5.66. The third-order valence-corrected chi connectivity index (χ3v) is 9.95. The molecule has 1 aliphatic carbocycles. The Labute approximate surface area is 381 Å². The van der Waals surface area contributed by atoms with Gasteiger partial charge in [-0.15, -0.1) is 0 Å². The van der Waals surface area contributed by atoms with Gasteiger partial charge in [-0.1, -0.05) is 54.6 Å². The maximum Gasteiger partial charge on any atom is 0.416 e. The largest absolute Gasteiger partial charge is 0.508 e. The van der Waals surface area contributed by atoms with Crippen molar-refractivity contribution in [3.05, 3.63) is 118 Å². The van der Waals surface area contributed by atoms with Crippen LogP contribution in [0.1, 0.15) is 43.2 Å². The average molecular weight is 952 g/mol. The molecule has 330 valence electrons. The lowest BCUT2D eigenvalue weighted by molar-refractivity contribution is -0.137. The average Bonchev–Trinajstić information content (AvgIpc) is 3.20. The van der Waals surface area contributed by atoms with Crippen molar-refractivity contribution in [3.63, 3.8) is 0 Å². The summed E-state index contributed by atoms with van der Waals surface area (Å²) >= 11 is 27.1. The molecule has 5 aromatic carbocycles.